The summed E-state index contributed by atoms with van der Waals surface area (Å²) in [5.41, 5.74) is 2.96. The van der Waals surface area contributed by atoms with Gasteiger partial charge in [-0.3, -0.25) is 10.1 Å². The van der Waals surface area contributed by atoms with Crippen LogP contribution in [-0.2, 0) is 0 Å². The molecule has 1 aromatic heterocycles. The number of benzene rings is 3. The van der Waals surface area contributed by atoms with Crippen molar-refractivity contribution in [3.63, 3.8) is 0 Å². The van der Waals surface area contributed by atoms with Gasteiger partial charge >= 0.3 is 0 Å². The van der Waals surface area contributed by atoms with Crippen LogP contribution in [-0.4, -0.2) is 13.0 Å². The van der Waals surface area contributed by atoms with Gasteiger partial charge in [-0.15, -0.1) is 0 Å². The van der Waals surface area contributed by atoms with E-state index in [1.807, 2.05) is 60.7 Å². The van der Waals surface area contributed by atoms with E-state index in [1.54, 1.807) is 24.3 Å². The number of ether oxygens (including phenoxy) is 1. The largest absolute Gasteiger partial charge is 0.497 e. The first-order valence-corrected chi connectivity index (χ1v) is 9.34. The summed E-state index contributed by atoms with van der Waals surface area (Å²) in [6.07, 6.45) is 0. The number of carbonyl (C=O) groups is 1. The van der Waals surface area contributed by atoms with Crippen LogP contribution in [0.4, 0.5) is 5.88 Å². The maximum atomic E-state index is 12.8. The lowest BCUT2D eigenvalue weighted by molar-refractivity contribution is 0.102. The molecule has 0 saturated carbocycles. The van der Waals surface area contributed by atoms with Gasteiger partial charge in [-0.25, -0.2) is 0 Å². The zero-order chi connectivity index (χ0) is 20.9. The summed E-state index contributed by atoms with van der Waals surface area (Å²) in [7, 11) is 1.54. The monoisotopic (exact) mass is 394 g/mol. The van der Waals surface area contributed by atoms with Gasteiger partial charge in [-0.1, -0.05) is 66.7 Å². The lowest BCUT2D eigenvalue weighted by Gasteiger charge is -2.05. The molecule has 4 aromatic rings. The number of rotatable bonds is 5. The molecule has 0 saturated heterocycles. The normalized spacial score (nSPS) is 10.3. The van der Waals surface area contributed by atoms with E-state index in [9.17, 15) is 10.1 Å². The smallest absolute Gasteiger partial charge is 0.258 e. The summed E-state index contributed by atoms with van der Waals surface area (Å²) in [6, 6.07) is 28.0. The Bertz CT molecular complexity index is 1220. The second-order valence-electron chi connectivity index (χ2n) is 6.54. The number of nitrogens with zero attached hydrogens (tertiary/aromatic N) is 1. The minimum absolute atomic E-state index is 0.114. The molecule has 3 aromatic carbocycles. The highest BCUT2D eigenvalue weighted by Gasteiger charge is 2.24. The molecule has 1 N–H and O–H groups in total. The maximum absolute atomic E-state index is 12.8. The van der Waals surface area contributed by atoms with Gasteiger partial charge in [0, 0.05) is 16.7 Å². The molecule has 0 radical (unpaired) electrons. The third-order valence-electron chi connectivity index (χ3n) is 4.68. The molecule has 0 aliphatic carbocycles. The number of methoxy groups -OCH3 is 1. The number of carbonyl (C=O) groups excluding carboxylic acids is 1. The predicted octanol–water partition coefficient (Wildman–Crippen LogP) is 5.75. The standard InChI is InChI=1S/C25H18N2O3/c1-29-20-14-8-13-19(15-20)24(28)27-25-21(16-26)22(17-9-4-2-5-10-17)23(30-25)18-11-6-3-7-12-18/h2-15H,1H3,(H,27,28). The summed E-state index contributed by atoms with van der Waals surface area (Å²) in [5.74, 6) is 0.818. The van der Waals surface area contributed by atoms with Crippen molar-refractivity contribution in [1.82, 2.24) is 0 Å². The minimum atomic E-state index is -0.390. The number of nitriles is 1. The van der Waals surface area contributed by atoms with Crippen molar-refractivity contribution in [2.24, 2.45) is 0 Å². The van der Waals surface area contributed by atoms with Crippen LogP contribution in [0.1, 0.15) is 15.9 Å². The minimum Gasteiger partial charge on any atom is -0.497 e. The average molecular weight is 394 g/mol. The highest BCUT2D eigenvalue weighted by atomic mass is 16.5. The van der Waals surface area contributed by atoms with Gasteiger partial charge in [0.25, 0.3) is 5.91 Å². The SMILES string of the molecule is COc1cccc(C(=O)Nc2oc(-c3ccccc3)c(-c3ccccc3)c2C#N)c1. The van der Waals surface area contributed by atoms with E-state index in [1.165, 1.54) is 7.11 Å². The van der Waals surface area contributed by atoms with Crippen molar-refractivity contribution in [1.29, 1.82) is 5.26 Å². The lowest BCUT2D eigenvalue weighted by atomic mass is 9.98. The Kier molecular flexibility index (Phi) is 5.31. The topological polar surface area (TPSA) is 75.3 Å². The van der Waals surface area contributed by atoms with E-state index in [0.717, 1.165) is 11.1 Å². The van der Waals surface area contributed by atoms with Crippen molar-refractivity contribution < 1.29 is 13.9 Å². The van der Waals surface area contributed by atoms with Crippen LogP contribution in [0.3, 0.4) is 0 Å². The van der Waals surface area contributed by atoms with Crippen molar-refractivity contribution in [2.75, 3.05) is 12.4 Å². The van der Waals surface area contributed by atoms with E-state index in [0.29, 0.717) is 22.6 Å². The van der Waals surface area contributed by atoms with Crippen LogP contribution in [0.25, 0.3) is 22.5 Å². The molecule has 146 valence electrons. The molecule has 0 spiro atoms. The Morgan fingerprint density at radius 1 is 0.933 bits per heavy atom. The second-order valence-corrected chi connectivity index (χ2v) is 6.54. The zero-order valence-corrected chi connectivity index (χ0v) is 16.3. The van der Waals surface area contributed by atoms with E-state index in [-0.39, 0.29) is 11.4 Å². The van der Waals surface area contributed by atoms with Gasteiger partial charge in [0.2, 0.25) is 5.88 Å². The third kappa shape index (κ3) is 3.67. The molecule has 0 unspecified atom stereocenters. The Hall–Kier alpha value is -4.30. The van der Waals surface area contributed by atoms with Crippen LogP contribution >= 0.6 is 0 Å². The summed E-state index contributed by atoms with van der Waals surface area (Å²) in [4.78, 5) is 12.8. The van der Waals surface area contributed by atoms with Crippen LogP contribution in [0.15, 0.2) is 89.3 Å². The van der Waals surface area contributed by atoms with Crippen LogP contribution < -0.4 is 10.1 Å². The second kappa shape index (κ2) is 8.38. The first kappa shape index (κ1) is 19.0. The van der Waals surface area contributed by atoms with Crippen molar-refractivity contribution >= 4 is 11.8 Å². The van der Waals surface area contributed by atoms with Crippen LogP contribution in [0.2, 0.25) is 0 Å². The van der Waals surface area contributed by atoms with E-state index < -0.39 is 5.91 Å². The van der Waals surface area contributed by atoms with Crippen molar-refractivity contribution in [3.05, 3.63) is 96.1 Å². The quantitative estimate of drug-likeness (QED) is 0.468. The van der Waals surface area contributed by atoms with Gasteiger partial charge < -0.3 is 9.15 Å². The molecule has 5 heteroatoms. The molecule has 0 bridgehead atoms. The highest BCUT2D eigenvalue weighted by Crippen LogP contribution is 2.41. The van der Waals surface area contributed by atoms with E-state index in [4.69, 9.17) is 9.15 Å². The fourth-order valence-corrected chi connectivity index (χ4v) is 3.24. The molecular weight excluding hydrogens is 376 g/mol. The number of nitrogens with one attached hydrogen (secondary N) is 1. The number of furan rings is 1. The van der Waals surface area contributed by atoms with E-state index >= 15 is 0 Å². The molecule has 0 atom stereocenters. The molecule has 30 heavy (non-hydrogen) atoms. The van der Waals surface area contributed by atoms with Crippen molar-refractivity contribution in [2.45, 2.75) is 0 Å². The maximum Gasteiger partial charge on any atom is 0.258 e. The van der Waals surface area contributed by atoms with Gasteiger partial charge in [0.1, 0.15) is 23.1 Å². The van der Waals surface area contributed by atoms with Gasteiger partial charge in [0.05, 0.1) is 7.11 Å². The number of hydrogen-bond acceptors (Lipinski definition) is 4. The molecular formula is C25H18N2O3. The number of hydrogen-bond donors (Lipinski definition) is 1. The van der Waals surface area contributed by atoms with Crippen LogP contribution in [0.5, 0.6) is 5.75 Å². The Labute approximate surface area is 174 Å². The van der Waals surface area contributed by atoms with Gasteiger partial charge in [0.15, 0.2) is 0 Å². The number of amides is 1. The molecule has 1 amide bonds. The Morgan fingerprint density at radius 2 is 1.60 bits per heavy atom. The summed E-state index contributed by atoms with van der Waals surface area (Å²) in [6.45, 7) is 0. The van der Waals surface area contributed by atoms with E-state index in [2.05, 4.69) is 11.4 Å². The average Bonchev–Trinajstić information content (AvgIpc) is 3.18. The highest BCUT2D eigenvalue weighted by molar-refractivity contribution is 6.05. The fourth-order valence-electron chi connectivity index (χ4n) is 3.24. The molecule has 5 nitrogen and oxygen atoms in total. The third-order valence-corrected chi connectivity index (χ3v) is 4.68. The Balaban J connectivity index is 1.82. The molecule has 4 rings (SSSR count). The number of anilines is 1. The predicted molar refractivity (Wildman–Crippen MR) is 115 cm³/mol. The fraction of sp³-hybridized carbons (Fsp3) is 0.0400. The molecule has 0 aliphatic rings. The first-order chi connectivity index (χ1) is 14.7. The summed E-state index contributed by atoms with van der Waals surface area (Å²) in [5, 5.41) is 12.7. The van der Waals surface area contributed by atoms with Gasteiger partial charge in [-0.2, -0.15) is 5.26 Å². The summed E-state index contributed by atoms with van der Waals surface area (Å²) < 4.78 is 11.2. The van der Waals surface area contributed by atoms with Gasteiger partial charge in [-0.05, 0) is 23.8 Å². The first-order valence-electron chi connectivity index (χ1n) is 9.34. The summed E-state index contributed by atoms with van der Waals surface area (Å²) >= 11 is 0. The molecule has 0 aliphatic heterocycles. The van der Waals surface area contributed by atoms with Crippen LogP contribution in [0, 0.1) is 11.3 Å². The Morgan fingerprint density at radius 3 is 2.23 bits per heavy atom. The molecule has 1 heterocycles. The van der Waals surface area contributed by atoms with Crippen molar-refractivity contribution in [3.8, 4) is 34.3 Å². The zero-order valence-electron chi connectivity index (χ0n) is 16.3. The lowest BCUT2D eigenvalue weighted by Crippen LogP contribution is -2.12. The molecule has 0 fully saturated rings.